The number of methoxy groups -OCH3 is 1. The first-order valence-electron chi connectivity index (χ1n) is 10.9. The Labute approximate surface area is 196 Å². The number of carbonyl (C=O) groups is 1. The van der Waals surface area contributed by atoms with Crippen molar-refractivity contribution in [3.05, 3.63) is 90.0 Å². The zero-order chi connectivity index (χ0) is 23.9. The second-order valence-electron chi connectivity index (χ2n) is 7.85. The topological polar surface area (TPSA) is 85.6 Å². The molecule has 0 radical (unpaired) electrons. The number of rotatable bonds is 10. The van der Waals surface area contributed by atoms with E-state index in [2.05, 4.69) is 10.3 Å². The molecule has 1 heterocycles. The minimum absolute atomic E-state index is 0.0436. The smallest absolute Gasteiger partial charge is 0.227 e. The van der Waals surface area contributed by atoms with E-state index >= 15 is 0 Å². The van der Waals surface area contributed by atoms with Crippen LogP contribution in [0.2, 0.25) is 0 Å². The third kappa shape index (κ3) is 5.90. The zero-order valence-corrected chi connectivity index (χ0v) is 18.8. The fourth-order valence-corrected chi connectivity index (χ4v) is 3.60. The normalized spacial score (nSPS) is 11.9. The van der Waals surface area contributed by atoms with Crippen molar-refractivity contribution in [3.63, 3.8) is 0 Å². The van der Waals surface area contributed by atoms with Crippen LogP contribution in [0.25, 0.3) is 11.0 Å². The maximum absolute atomic E-state index is 13.1. The average Bonchev–Trinajstić information content (AvgIpc) is 3.19. The third-order valence-corrected chi connectivity index (χ3v) is 5.35. The quantitative estimate of drug-likeness (QED) is 0.376. The highest BCUT2D eigenvalue weighted by Crippen LogP contribution is 2.19. The number of amides is 1. The molecular formula is C26H26FN3O4. The molecule has 34 heavy (non-hydrogen) atoms. The van der Waals surface area contributed by atoms with Crippen molar-refractivity contribution < 1.29 is 23.8 Å². The van der Waals surface area contributed by atoms with Gasteiger partial charge in [0.2, 0.25) is 5.91 Å². The second kappa shape index (κ2) is 10.8. The van der Waals surface area contributed by atoms with Crippen molar-refractivity contribution in [3.8, 4) is 11.5 Å². The number of carbonyl (C=O) groups excluding carboxylic acids is 1. The Bertz CT molecular complexity index is 1240. The number of hydrogen-bond acceptors (Lipinski definition) is 5. The van der Waals surface area contributed by atoms with Gasteiger partial charge in [-0.15, -0.1) is 0 Å². The lowest BCUT2D eigenvalue weighted by atomic mass is 10.2. The van der Waals surface area contributed by atoms with E-state index in [1.54, 1.807) is 43.5 Å². The summed E-state index contributed by atoms with van der Waals surface area (Å²) >= 11 is 0. The Morgan fingerprint density at radius 2 is 1.76 bits per heavy atom. The molecule has 0 saturated carbocycles. The summed E-state index contributed by atoms with van der Waals surface area (Å²) in [5, 5.41) is 13.5. The molecule has 0 fully saturated rings. The summed E-state index contributed by atoms with van der Waals surface area (Å²) in [5.74, 6) is 1.35. The molecule has 8 heteroatoms. The maximum Gasteiger partial charge on any atom is 0.227 e. The van der Waals surface area contributed by atoms with E-state index < -0.39 is 6.10 Å². The van der Waals surface area contributed by atoms with Gasteiger partial charge in [-0.3, -0.25) is 4.79 Å². The molecule has 2 N–H and O–H groups in total. The summed E-state index contributed by atoms with van der Waals surface area (Å²) in [5.41, 5.74) is 2.37. The number of aromatic nitrogens is 2. The van der Waals surface area contributed by atoms with E-state index in [1.807, 2.05) is 28.8 Å². The number of aliphatic hydroxyl groups is 1. The van der Waals surface area contributed by atoms with Crippen molar-refractivity contribution >= 4 is 16.9 Å². The van der Waals surface area contributed by atoms with E-state index in [-0.39, 0.29) is 37.8 Å². The Kier molecular flexibility index (Phi) is 7.39. The van der Waals surface area contributed by atoms with Crippen LogP contribution in [-0.4, -0.2) is 40.4 Å². The van der Waals surface area contributed by atoms with Gasteiger partial charge in [0.05, 0.1) is 31.1 Å². The van der Waals surface area contributed by atoms with Gasteiger partial charge in [0, 0.05) is 6.54 Å². The van der Waals surface area contributed by atoms with Gasteiger partial charge in [-0.2, -0.15) is 0 Å². The molecule has 7 nitrogen and oxygen atoms in total. The van der Waals surface area contributed by atoms with Crippen LogP contribution in [0.3, 0.4) is 0 Å². The molecule has 176 valence electrons. The first-order valence-corrected chi connectivity index (χ1v) is 10.9. The number of hydrogen-bond donors (Lipinski definition) is 2. The van der Waals surface area contributed by atoms with Crippen LogP contribution in [0, 0.1) is 5.82 Å². The monoisotopic (exact) mass is 463 g/mol. The van der Waals surface area contributed by atoms with Crippen molar-refractivity contribution in [2.24, 2.45) is 0 Å². The van der Waals surface area contributed by atoms with Gasteiger partial charge in [-0.05, 0) is 54.1 Å². The average molecular weight is 464 g/mol. The molecule has 4 aromatic rings. The van der Waals surface area contributed by atoms with Crippen LogP contribution in [0.15, 0.2) is 72.8 Å². The predicted molar refractivity (Wildman–Crippen MR) is 126 cm³/mol. The van der Waals surface area contributed by atoms with Gasteiger partial charge in [0.25, 0.3) is 0 Å². The van der Waals surface area contributed by atoms with Crippen LogP contribution < -0.4 is 14.8 Å². The molecule has 1 unspecified atom stereocenters. The van der Waals surface area contributed by atoms with E-state index in [0.29, 0.717) is 11.6 Å². The first kappa shape index (κ1) is 23.3. The minimum atomic E-state index is -0.819. The van der Waals surface area contributed by atoms with Crippen molar-refractivity contribution in [2.75, 3.05) is 13.7 Å². The maximum atomic E-state index is 13.1. The highest BCUT2D eigenvalue weighted by atomic mass is 19.1. The third-order valence-electron chi connectivity index (χ3n) is 5.35. The lowest BCUT2D eigenvalue weighted by Crippen LogP contribution is -2.28. The molecule has 1 atom stereocenters. The van der Waals surface area contributed by atoms with E-state index in [1.165, 1.54) is 12.1 Å². The van der Waals surface area contributed by atoms with Crippen molar-refractivity contribution in [1.29, 1.82) is 0 Å². The summed E-state index contributed by atoms with van der Waals surface area (Å²) in [6, 6.07) is 20.6. The van der Waals surface area contributed by atoms with E-state index in [4.69, 9.17) is 9.47 Å². The van der Waals surface area contributed by atoms with Gasteiger partial charge in [0.15, 0.2) is 0 Å². The molecule has 0 aliphatic carbocycles. The molecule has 4 rings (SSSR count). The SMILES string of the molecule is COc1ccc(OCC(O)Cn2c(CC(=O)NCc3ccc(F)cc3)nc3ccccc32)cc1. The molecule has 1 amide bonds. The number of imidazole rings is 1. The number of ether oxygens (including phenoxy) is 2. The fourth-order valence-electron chi connectivity index (χ4n) is 3.60. The van der Waals surface area contributed by atoms with Crippen molar-refractivity contribution in [2.45, 2.75) is 25.6 Å². The highest BCUT2D eigenvalue weighted by molar-refractivity contribution is 5.81. The number of nitrogens with one attached hydrogen (secondary N) is 1. The summed E-state index contributed by atoms with van der Waals surface area (Å²) < 4.78 is 25.7. The van der Waals surface area contributed by atoms with Gasteiger partial charge < -0.3 is 24.5 Å². The molecule has 0 spiro atoms. The summed E-state index contributed by atoms with van der Waals surface area (Å²) in [4.78, 5) is 17.2. The van der Waals surface area contributed by atoms with Crippen molar-refractivity contribution in [1.82, 2.24) is 14.9 Å². The Morgan fingerprint density at radius 3 is 2.50 bits per heavy atom. The largest absolute Gasteiger partial charge is 0.497 e. The Balaban J connectivity index is 1.41. The second-order valence-corrected chi connectivity index (χ2v) is 7.85. The van der Waals surface area contributed by atoms with Crippen LogP contribution in [-0.2, 0) is 24.3 Å². The molecule has 0 aliphatic heterocycles. The van der Waals surface area contributed by atoms with Crippen LogP contribution in [0.5, 0.6) is 11.5 Å². The number of aliphatic hydroxyl groups excluding tert-OH is 1. The molecular weight excluding hydrogens is 437 g/mol. The standard InChI is InChI=1S/C26H26FN3O4/c1-33-21-10-12-22(13-11-21)34-17-20(31)16-30-24-5-3-2-4-23(24)29-25(30)14-26(32)28-15-18-6-8-19(27)9-7-18/h2-13,20,31H,14-17H2,1H3,(H,28,32). The first-order chi connectivity index (χ1) is 16.5. The summed E-state index contributed by atoms with van der Waals surface area (Å²) in [6.45, 7) is 0.587. The Hall–Kier alpha value is -3.91. The van der Waals surface area contributed by atoms with Crippen LogP contribution in [0.4, 0.5) is 4.39 Å². The minimum Gasteiger partial charge on any atom is -0.497 e. The van der Waals surface area contributed by atoms with Gasteiger partial charge >= 0.3 is 0 Å². The molecule has 1 aromatic heterocycles. The summed E-state index contributed by atoms with van der Waals surface area (Å²) in [6.07, 6.45) is -0.775. The highest BCUT2D eigenvalue weighted by Gasteiger charge is 2.17. The van der Waals surface area contributed by atoms with Gasteiger partial charge in [0.1, 0.15) is 35.9 Å². The molecule has 0 saturated heterocycles. The molecule has 0 aliphatic rings. The lowest BCUT2D eigenvalue weighted by molar-refractivity contribution is -0.120. The molecule has 3 aromatic carbocycles. The van der Waals surface area contributed by atoms with E-state index in [0.717, 1.165) is 22.3 Å². The fraction of sp³-hybridized carbons (Fsp3) is 0.231. The van der Waals surface area contributed by atoms with Crippen LogP contribution >= 0.6 is 0 Å². The van der Waals surface area contributed by atoms with Crippen LogP contribution in [0.1, 0.15) is 11.4 Å². The number of halogens is 1. The van der Waals surface area contributed by atoms with Gasteiger partial charge in [-0.25, -0.2) is 9.37 Å². The number of nitrogens with zero attached hydrogens (tertiary/aromatic N) is 2. The Morgan fingerprint density at radius 1 is 1.06 bits per heavy atom. The number of benzene rings is 3. The number of fused-ring (bicyclic) bond motifs is 1. The number of para-hydroxylation sites is 2. The zero-order valence-electron chi connectivity index (χ0n) is 18.8. The predicted octanol–water partition coefficient (Wildman–Crippen LogP) is 3.48. The van der Waals surface area contributed by atoms with Gasteiger partial charge in [-0.1, -0.05) is 24.3 Å². The summed E-state index contributed by atoms with van der Waals surface area (Å²) in [7, 11) is 1.59. The lowest BCUT2D eigenvalue weighted by Gasteiger charge is -2.16. The molecule has 0 bridgehead atoms. The van der Waals surface area contributed by atoms with E-state index in [9.17, 15) is 14.3 Å².